The number of halogens is 8. The first-order valence-electron chi connectivity index (χ1n) is 38.1. The molecule has 11 aromatic rings. The molecule has 129 heavy (non-hydrogen) atoms. The van der Waals surface area contributed by atoms with Gasteiger partial charge in [-0.25, -0.2) is 33.4 Å². The van der Waals surface area contributed by atoms with Crippen molar-refractivity contribution in [2.75, 3.05) is 62.0 Å². The summed E-state index contributed by atoms with van der Waals surface area (Å²) >= 11 is 12.2. The number of nitriles is 2. The van der Waals surface area contributed by atoms with Gasteiger partial charge in [-0.2, -0.15) is 25.8 Å². The van der Waals surface area contributed by atoms with Crippen LogP contribution in [0.1, 0.15) is 92.5 Å². The number of amides is 3. The summed E-state index contributed by atoms with van der Waals surface area (Å²) in [5.41, 5.74) is 1.50. The molecule has 0 unspecified atom stereocenters. The summed E-state index contributed by atoms with van der Waals surface area (Å²) in [4.78, 5) is 133. The van der Waals surface area contributed by atoms with Crippen molar-refractivity contribution in [3.8, 4) is 57.9 Å². The number of anilines is 3. The first kappa shape index (κ1) is 97.9. The van der Waals surface area contributed by atoms with Crippen molar-refractivity contribution in [3.63, 3.8) is 0 Å². The maximum Gasteiger partial charge on any atom is 1.00 e. The van der Waals surface area contributed by atoms with Crippen LogP contribution >= 0.6 is 23.2 Å². The van der Waals surface area contributed by atoms with Gasteiger partial charge in [-0.3, -0.25) is 48.2 Å². The van der Waals surface area contributed by atoms with Gasteiger partial charge in [0.2, 0.25) is 23.7 Å². The van der Waals surface area contributed by atoms with Gasteiger partial charge in [-0.15, -0.1) is 26.3 Å². The Balaban J connectivity index is 0.000000179. The third-order valence-corrected chi connectivity index (χ3v) is 19.5. The van der Waals surface area contributed by atoms with Crippen molar-refractivity contribution < 1.29 is 156 Å². The fourth-order valence-corrected chi connectivity index (χ4v) is 13.3. The van der Waals surface area contributed by atoms with Gasteiger partial charge in [0, 0.05) is 88.8 Å². The Bertz CT molecular complexity index is 6340. The molecule has 48 heteroatoms. The molecule has 0 spiro atoms. The van der Waals surface area contributed by atoms with Gasteiger partial charge in [-0.05, 0) is 130 Å². The van der Waals surface area contributed by atoms with Gasteiger partial charge in [0.15, 0.2) is 73.6 Å². The number of nitrogens with zero attached hydrogens (tertiary/aromatic N) is 13. The predicted octanol–water partition coefficient (Wildman–Crippen LogP) is 6.45. The van der Waals surface area contributed by atoms with Crippen LogP contribution in [0.2, 0.25) is 10.3 Å². The Labute approximate surface area is 758 Å². The monoisotopic (exact) mass is 1840 g/mol. The van der Waals surface area contributed by atoms with E-state index in [2.05, 4.69) is 82.1 Å². The molecule has 667 valence electrons. The molecule has 11 heterocycles. The second-order valence-electron chi connectivity index (χ2n) is 28.2. The number of hydrogen-bond donors (Lipinski definition) is 2. The number of carbonyl (C=O) groups excluding carboxylic acids is 7. The zero-order valence-electron chi connectivity index (χ0n) is 69.1. The number of carbonyl (C=O) groups is 7. The van der Waals surface area contributed by atoms with Crippen molar-refractivity contribution in [1.29, 1.82) is 10.5 Å². The normalized spacial score (nSPS) is 14.3. The number of ether oxygens (including phenoxy) is 6. The molecule has 2 saturated heterocycles. The maximum absolute atomic E-state index is 13.5. The summed E-state index contributed by atoms with van der Waals surface area (Å²) in [5, 5.41) is 47.8. The van der Waals surface area contributed by atoms with Gasteiger partial charge in [-0.1, -0.05) is 60.3 Å². The molecule has 5 aliphatic rings. The van der Waals surface area contributed by atoms with Gasteiger partial charge in [0.05, 0.1) is 52.5 Å². The largest absolute Gasteiger partial charge is 1.00 e. The van der Waals surface area contributed by atoms with E-state index in [1.807, 2.05) is 6.07 Å². The average molecular weight is 1840 g/mol. The van der Waals surface area contributed by atoms with E-state index >= 15 is 0 Å². The van der Waals surface area contributed by atoms with Crippen LogP contribution in [-0.4, -0.2) is 172 Å². The zero-order chi connectivity index (χ0) is 92.8. The molecule has 2 N–H and O–H groups in total. The molecule has 0 atom stereocenters. The number of alkyl halides is 6. The van der Waals surface area contributed by atoms with Gasteiger partial charge < -0.3 is 79.1 Å². The smallest absolute Gasteiger partial charge is 0.793 e. The number of rotatable bonds is 16. The Morgan fingerprint density at radius 2 is 0.860 bits per heavy atom. The van der Waals surface area contributed by atoms with Crippen LogP contribution in [0.15, 0.2) is 149 Å². The van der Waals surface area contributed by atoms with Crippen LogP contribution in [0.25, 0.3) is 44.2 Å². The fraction of sp³-hybridized carbons (Fsp3) is 0.296. The Kier molecular flexibility index (Phi) is 32.3. The molecule has 2 fully saturated rings. The fourth-order valence-electron chi connectivity index (χ4n) is 12.9. The average Bonchev–Trinajstić information content (AvgIpc) is 1.65. The van der Waals surface area contributed by atoms with E-state index in [1.165, 1.54) is 117 Å². The third-order valence-electron chi connectivity index (χ3n) is 19.0. The Hall–Kier alpha value is -13.2. The quantitative estimate of drug-likeness (QED) is 0.0345. The van der Waals surface area contributed by atoms with Crippen LogP contribution in [0, 0.1) is 22.7 Å². The van der Waals surface area contributed by atoms with Gasteiger partial charge >= 0.3 is 67.5 Å². The van der Waals surface area contributed by atoms with Gasteiger partial charge in [0.1, 0.15) is 36.8 Å². The standard InChI is InChI=1S/C29H25F2N5O5.C22H21ClF2N4O5.C17H10ClF2N3O6.C7H6BNO2.C4H6O4.C2H3BO2.Na/c1-34(20-8-9-23-24(13-20)41-29(30,31)40-23)25(37)17-36-28(38)22-14-21(16-35-10-3-2-4-11-35)39-27(22)26(33-36)19-7-5-6-18(12-19)15-32;1-27(13-5-6-16-17(9-13)34-22(24,25)33-16)18(30)12-29-21(31)15-10-14(32-19(15)20(23)26-29)11-28-7-3-2-4-8-28;1-22(8-2-3-11-12(4-8)29-17(19,20)28-11)13(25)6-23-16(26)10-5-9(7-24)27-14(10)15(18)21-23;9-5-6-2-1-3-7(4-6)8(10)11;1-3(5)7-8-4(2)6;1-2(4)5-3;/h5-9,12-14H,2-4,10-11,16-17H2,1H3;5-6,9-10H,2-4,7-8,11-12H2,1H3;2-5,7H,6H2,1H3;1-4,10-11H;1-2H3;1H3;/q;;;;;-1;+1. The molecule has 0 bridgehead atoms. The number of likely N-dealkylation sites (N-methyl/N-ethyl adjacent to an activating group) is 3. The molecule has 0 saturated carbocycles. The van der Waals surface area contributed by atoms with E-state index in [1.54, 1.807) is 54.6 Å². The molecule has 3 amide bonds. The minimum Gasteiger partial charge on any atom is -0.793 e. The predicted molar refractivity (Wildman–Crippen MR) is 439 cm³/mol. The minimum absolute atomic E-state index is 0. The summed E-state index contributed by atoms with van der Waals surface area (Å²) in [6.07, 6.45) is -4.08. The van der Waals surface area contributed by atoms with E-state index in [9.17, 15) is 79.5 Å². The first-order valence-corrected chi connectivity index (χ1v) is 38.9. The first-order chi connectivity index (χ1) is 60.7. The number of benzene rings is 5. The van der Waals surface area contributed by atoms with Crippen LogP contribution in [0.5, 0.6) is 34.5 Å². The molecule has 3 radical (unpaired) electrons. The van der Waals surface area contributed by atoms with E-state index in [0.29, 0.717) is 58.7 Å². The molecular weight excluding hydrogens is 1770 g/mol. The molecule has 0 aliphatic carbocycles. The number of hydrogen-bond acceptors (Lipinski definition) is 31. The molecular formula is C81H71B2Cl2F6N13NaO24. The van der Waals surface area contributed by atoms with E-state index in [-0.39, 0.29) is 130 Å². The van der Waals surface area contributed by atoms with Crippen molar-refractivity contribution in [2.24, 2.45) is 0 Å². The summed E-state index contributed by atoms with van der Waals surface area (Å²) in [5.74, 6) is -3.36. The molecule has 16 rings (SSSR count). The summed E-state index contributed by atoms with van der Waals surface area (Å²) < 4.78 is 130. The summed E-state index contributed by atoms with van der Waals surface area (Å²) in [7, 11) is 7.10. The van der Waals surface area contributed by atoms with Crippen molar-refractivity contribution in [2.45, 2.75) is 111 Å². The zero-order valence-corrected chi connectivity index (χ0v) is 72.6. The SMILES string of the molecule is CC(=O)OOC(C)=O.CN(C(=O)Cn1nc(-c2cccc(C#N)c2)c2oc(CN3CCCCC3)cc2c1=O)c1ccc2c(c1)OC(F)(F)O2.CN(C(=O)Cn1nc(Cl)c2oc(C=O)cc2c1=O)c1ccc2c(c1)OC(F)(F)O2.CN(C(=O)Cn1nc(Cl)c2oc(CN3CCCCC3)cc2c1=O)c1ccc2c(c1)OC(F)(F)O2.N#Cc1cccc(B(O)O)c1.[B-]OC(C)=O.[Na+]. The second-order valence-corrected chi connectivity index (χ2v) is 28.9. The van der Waals surface area contributed by atoms with Crippen molar-refractivity contribution >= 4 is 136 Å². The van der Waals surface area contributed by atoms with Crippen LogP contribution in [-0.2, 0) is 75.9 Å². The van der Waals surface area contributed by atoms with E-state index < -0.39 is 97.9 Å². The van der Waals surface area contributed by atoms with E-state index in [4.69, 9.17) is 51.8 Å². The topological polar surface area (TPSA) is 451 Å². The molecule has 37 nitrogen and oxygen atoms in total. The second kappa shape index (κ2) is 42.6. The molecule has 5 aromatic carbocycles. The third kappa shape index (κ3) is 25.2. The van der Waals surface area contributed by atoms with E-state index in [0.717, 1.165) is 84.7 Å². The maximum atomic E-state index is 13.5. The Morgan fingerprint density at radius 1 is 0.504 bits per heavy atom. The number of aldehydes is 1. The number of aromatic nitrogens is 6. The van der Waals surface area contributed by atoms with Crippen LogP contribution in [0.4, 0.5) is 43.4 Å². The van der Waals surface area contributed by atoms with Crippen LogP contribution in [0.3, 0.4) is 0 Å². The summed E-state index contributed by atoms with van der Waals surface area (Å²) in [6, 6.07) is 33.2. The number of piperidine rings is 2. The number of fused-ring (bicyclic) bond motifs is 6. The number of furan rings is 3. The minimum atomic E-state index is -3.78. The molecule has 5 aliphatic heterocycles. The van der Waals surface area contributed by atoms with Gasteiger partial charge in [0.25, 0.3) is 16.7 Å². The van der Waals surface area contributed by atoms with Crippen molar-refractivity contribution in [3.05, 3.63) is 191 Å². The van der Waals surface area contributed by atoms with Crippen LogP contribution < -0.4 is 94.8 Å². The van der Waals surface area contributed by atoms with Crippen molar-refractivity contribution in [1.82, 2.24) is 39.1 Å². The molecule has 6 aromatic heterocycles. The Morgan fingerprint density at radius 3 is 1.24 bits per heavy atom. The summed E-state index contributed by atoms with van der Waals surface area (Å²) in [6.45, 7) is 7.08. The number of likely N-dealkylation sites (tertiary alicyclic amines) is 2.